The van der Waals surface area contributed by atoms with Crippen molar-refractivity contribution in [1.82, 2.24) is 0 Å². The molecule has 0 saturated heterocycles. The number of ketones is 1. The van der Waals surface area contributed by atoms with Gasteiger partial charge in [0.1, 0.15) is 0 Å². The molecule has 0 aliphatic heterocycles. The molecule has 1 saturated carbocycles. The Kier molecular flexibility index (Phi) is 2.49. The highest BCUT2D eigenvalue weighted by molar-refractivity contribution is 5.94. The number of carbonyl (C=O) groups is 1. The van der Waals surface area contributed by atoms with Gasteiger partial charge in [-0.25, -0.2) is 0 Å². The van der Waals surface area contributed by atoms with Gasteiger partial charge in [-0.15, -0.1) is 0 Å². The maximum Gasteiger partial charge on any atom is 0.159 e. The summed E-state index contributed by atoms with van der Waals surface area (Å²) in [4.78, 5) is 11.5. The van der Waals surface area contributed by atoms with Gasteiger partial charge in [-0.2, -0.15) is 0 Å². The van der Waals surface area contributed by atoms with E-state index in [0.29, 0.717) is 5.92 Å². The summed E-state index contributed by atoms with van der Waals surface area (Å²) in [5.74, 6) is 0.995. The van der Waals surface area contributed by atoms with E-state index in [0.717, 1.165) is 6.42 Å². The Bertz CT molecular complexity index is 351. The maximum absolute atomic E-state index is 11.5. The van der Waals surface area contributed by atoms with E-state index in [1.165, 1.54) is 5.56 Å². The van der Waals surface area contributed by atoms with Crippen LogP contribution in [0.25, 0.3) is 0 Å². The Hall–Kier alpha value is -1.37. The minimum absolute atomic E-state index is 0.244. The first-order valence-electron chi connectivity index (χ1n) is 5.04. The molecular formula is C13H14O. The van der Waals surface area contributed by atoms with Gasteiger partial charge >= 0.3 is 0 Å². The molecule has 0 spiro atoms. The number of benzene rings is 1. The van der Waals surface area contributed by atoms with E-state index < -0.39 is 0 Å². The van der Waals surface area contributed by atoms with Crippen molar-refractivity contribution in [3.05, 3.63) is 48.0 Å². The lowest BCUT2D eigenvalue weighted by molar-refractivity contribution is -0.115. The van der Waals surface area contributed by atoms with Crippen molar-refractivity contribution >= 4 is 5.78 Å². The minimum atomic E-state index is 0.244. The standard InChI is InChI=1S/C13H14O/c1-2-6-13(14)12-9-11(12)10-7-4-3-5-8-10/h2-8,11-12H,9H2,1H3/b6-2+. The molecule has 1 aromatic carbocycles. The van der Waals surface area contributed by atoms with Gasteiger partial charge in [0.05, 0.1) is 0 Å². The highest BCUT2D eigenvalue weighted by Gasteiger charge is 2.42. The van der Waals surface area contributed by atoms with Crippen LogP contribution in [-0.4, -0.2) is 5.78 Å². The quantitative estimate of drug-likeness (QED) is 0.663. The van der Waals surface area contributed by atoms with E-state index in [9.17, 15) is 4.79 Å². The van der Waals surface area contributed by atoms with Crippen molar-refractivity contribution in [2.75, 3.05) is 0 Å². The van der Waals surface area contributed by atoms with Crippen molar-refractivity contribution < 1.29 is 4.79 Å². The van der Waals surface area contributed by atoms with E-state index in [1.807, 2.05) is 31.2 Å². The third kappa shape index (κ3) is 1.77. The Morgan fingerprint density at radius 3 is 2.71 bits per heavy atom. The van der Waals surface area contributed by atoms with Crippen LogP contribution >= 0.6 is 0 Å². The zero-order valence-corrected chi connectivity index (χ0v) is 8.31. The van der Waals surface area contributed by atoms with E-state index in [2.05, 4.69) is 12.1 Å². The summed E-state index contributed by atoms with van der Waals surface area (Å²) in [6, 6.07) is 10.3. The molecule has 0 aromatic heterocycles. The van der Waals surface area contributed by atoms with Gasteiger partial charge < -0.3 is 0 Å². The Balaban J connectivity index is 2.03. The number of allylic oxidation sites excluding steroid dienone is 2. The summed E-state index contributed by atoms with van der Waals surface area (Å²) in [5, 5.41) is 0. The first-order chi connectivity index (χ1) is 6.83. The van der Waals surface area contributed by atoms with Gasteiger partial charge in [0.2, 0.25) is 0 Å². The molecule has 1 nitrogen and oxygen atoms in total. The first kappa shape index (κ1) is 9.20. The van der Waals surface area contributed by atoms with Gasteiger partial charge in [-0.1, -0.05) is 36.4 Å². The topological polar surface area (TPSA) is 17.1 Å². The third-order valence-corrected chi connectivity index (χ3v) is 2.71. The molecule has 2 unspecified atom stereocenters. The summed E-state index contributed by atoms with van der Waals surface area (Å²) in [5.41, 5.74) is 1.30. The molecule has 0 radical (unpaired) electrons. The molecule has 0 amide bonds. The summed E-state index contributed by atoms with van der Waals surface area (Å²) in [6.45, 7) is 1.89. The molecule has 14 heavy (non-hydrogen) atoms. The smallest absolute Gasteiger partial charge is 0.159 e. The van der Waals surface area contributed by atoms with E-state index in [1.54, 1.807) is 6.08 Å². The monoisotopic (exact) mass is 186 g/mol. The normalized spacial score (nSPS) is 25.2. The zero-order valence-electron chi connectivity index (χ0n) is 8.31. The highest BCUT2D eigenvalue weighted by atomic mass is 16.1. The van der Waals surface area contributed by atoms with Crippen molar-refractivity contribution in [2.45, 2.75) is 19.3 Å². The lowest BCUT2D eigenvalue weighted by atomic mass is 10.1. The summed E-state index contributed by atoms with van der Waals surface area (Å²) in [6.07, 6.45) is 4.53. The molecular weight excluding hydrogens is 172 g/mol. The molecule has 1 aliphatic carbocycles. The van der Waals surface area contributed by atoms with Crippen LogP contribution in [0.2, 0.25) is 0 Å². The maximum atomic E-state index is 11.5. The SMILES string of the molecule is C/C=C/C(=O)C1CC1c1ccccc1. The summed E-state index contributed by atoms with van der Waals surface area (Å²) in [7, 11) is 0. The fourth-order valence-electron chi connectivity index (χ4n) is 1.87. The fraction of sp³-hybridized carbons (Fsp3) is 0.308. The van der Waals surface area contributed by atoms with Crippen LogP contribution < -0.4 is 0 Å². The number of carbonyl (C=O) groups excluding carboxylic acids is 1. The lowest BCUT2D eigenvalue weighted by Gasteiger charge is -1.96. The van der Waals surface area contributed by atoms with E-state index >= 15 is 0 Å². The highest BCUT2D eigenvalue weighted by Crippen LogP contribution is 2.47. The third-order valence-electron chi connectivity index (χ3n) is 2.71. The van der Waals surface area contributed by atoms with Crippen molar-refractivity contribution in [1.29, 1.82) is 0 Å². The predicted octanol–water partition coefficient (Wildman–Crippen LogP) is 2.94. The minimum Gasteiger partial charge on any atom is -0.295 e. The summed E-state index contributed by atoms with van der Waals surface area (Å²) >= 11 is 0. The number of rotatable bonds is 3. The average molecular weight is 186 g/mol. The second kappa shape index (κ2) is 3.79. The van der Waals surface area contributed by atoms with Gasteiger partial charge in [0.15, 0.2) is 5.78 Å². The predicted molar refractivity (Wildman–Crippen MR) is 57.1 cm³/mol. The Labute approximate surface area is 84.5 Å². The lowest BCUT2D eigenvalue weighted by Crippen LogP contribution is -1.96. The molecule has 0 heterocycles. The summed E-state index contributed by atoms with van der Waals surface area (Å²) < 4.78 is 0. The molecule has 0 N–H and O–H groups in total. The molecule has 1 fully saturated rings. The van der Waals surface area contributed by atoms with Crippen molar-refractivity contribution in [2.24, 2.45) is 5.92 Å². The molecule has 1 aliphatic rings. The van der Waals surface area contributed by atoms with E-state index in [-0.39, 0.29) is 11.7 Å². The number of hydrogen-bond acceptors (Lipinski definition) is 1. The largest absolute Gasteiger partial charge is 0.295 e. The average Bonchev–Trinajstić information content (AvgIpc) is 2.99. The Morgan fingerprint density at radius 1 is 1.36 bits per heavy atom. The fourth-order valence-corrected chi connectivity index (χ4v) is 1.87. The van der Waals surface area contributed by atoms with Crippen molar-refractivity contribution in [3.63, 3.8) is 0 Å². The Morgan fingerprint density at radius 2 is 2.07 bits per heavy atom. The number of hydrogen-bond donors (Lipinski definition) is 0. The van der Waals surface area contributed by atoms with Crippen LogP contribution in [-0.2, 0) is 4.79 Å². The molecule has 1 heteroatoms. The van der Waals surface area contributed by atoms with Crippen LogP contribution in [0.1, 0.15) is 24.8 Å². The van der Waals surface area contributed by atoms with Gasteiger partial charge in [-0.3, -0.25) is 4.79 Å². The van der Waals surface area contributed by atoms with Crippen LogP contribution in [0.4, 0.5) is 0 Å². The van der Waals surface area contributed by atoms with Crippen molar-refractivity contribution in [3.8, 4) is 0 Å². The van der Waals surface area contributed by atoms with Crippen LogP contribution in [0.15, 0.2) is 42.5 Å². The van der Waals surface area contributed by atoms with Crippen LogP contribution in [0, 0.1) is 5.92 Å². The molecule has 2 rings (SSSR count). The molecule has 72 valence electrons. The van der Waals surface area contributed by atoms with Crippen LogP contribution in [0.5, 0.6) is 0 Å². The van der Waals surface area contributed by atoms with Crippen LogP contribution in [0.3, 0.4) is 0 Å². The molecule has 0 bridgehead atoms. The van der Waals surface area contributed by atoms with Gasteiger partial charge in [-0.05, 0) is 30.9 Å². The van der Waals surface area contributed by atoms with E-state index in [4.69, 9.17) is 0 Å². The van der Waals surface area contributed by atoms with Gasteiger partial charge in [0.25, 0.3) is 0 Å². The first-order valence-corrected chi connectivity index (χ1v) is 5.04. The zero-order chi connectivity index (χ0) is 9.97. The molecule has 1 aromatic rings. The molecule has 2 atom stereocenters. The second-order valence-electron chi connectivity index (χ2n) is 3.76. The second-order valence-corrected chi connectivity index (χ2v) is 3.76. The van der Waals surface area contributed by atoms with Gasteiger partial charge in [0, 0.05) is 5.92 Å².